The van der Waals surface area contributed by atoms with Gasteiger partial charge in [0.05, 0.1) is 12.1 Å². The van der Waals surface area contributed by atoms with Crippen LogP contribution in [0.4, 0.5) is 22.0 Å². The molecule has 2 fully saturated rings. The Morgan fingerprint density at radius 3 is 2.39 bits per heavy atom. The number of fused-ring (bicyclic) bond motifs is 3. The van der Waals surface area contributed by atoms with Crippen LogP contribution in [0.1, 0.15) is 42.5 Å². The molecule has 2 aliphatic heterocycles. The fourth-order valence-electron chi connectivity index (χ4n) is 4.45. The lowest BCUT2D eigenvalue weighted by Gasteiger charge is -2.46. The number of ether oxygens (including phenoxy) is 1. The van der Waals surface area contributed by atoms with E-state index >= 15 is 0 Å². The molecular formula is C21H24F5N3O4. The fraction of sp³-hybridized carbons (Fsp3) is 0.571. The number of alkyl halides is 5. The number of carbonyl (C=O) groups is 2. The third kappa shape index (κ3) is 5.98. The zero-order valence-electron chi connectivity index (χ0n) is 17.8. The van der Waals surface area contributed by atoms with Crippen molar-refractivity contribution < 1.29 is 41.4 Å². The molecular weight excluding hydrogens is 453 g/mol. The van der Waals surface area contributed by atoms with Crippen molar-refractivity contribution in [1.29, 1.82) is 0 Å². The molecule has 0 amide bonds. The molecule has 12 heteroatoms. The molecule has 2 aliphatic rings. The highest BCUT2D eigenvalue weighted by Gasteiger charge is 2.39. The number of hydrogen-bond donors (Lipinski definition) is 1. The third-order valence-corrected chi connectivity index (χ3v) is 6.00. The van der Waals surface area contributed by atoms with E-state index in [1.165, 1.54) is 23.4 Å². The van der Waals surface area contributed by atoms with Gasteiger partial charge in [-0.1, -0.05) is 6.42 Å². The van der Waals surface area contributed by atoms with Gasteiger partial charge in [0.2, 0.25) is 0 Å². The second kappa shape index (κ2) is 10.0. The minimum atomic E-state index is -5.08. The van der Waals surface area contributed by atoms with Gasteiger partial charge in [0.25, 0.3) is 6.43 Å². The average molecular weight is 477 g/mol. The first-order valence-electron chi connectivity index (χ1n) is 10.4. The number of piperidine rings is 2. The Balaban J connectivity index is 0.000000383. The molecule has 1 unspecified atom stereocenters. The zero-order valence-corrected chi connectivity index (χ0v) is 17.8. The SMILES string of the molecule is CN1[C@@H]2CCC[C@H]1CC(OC(=O)c1cn(CC(F)F)c3ncccc13)C2.O=C(O)C(F)(F)F. The number of esters is 1. The topological polar surface area (TPSA) is 84.7 Å². The van der Waals surface area contributed by atoms with Gasteiger partial charge in [-0.2, -0.15) is 13.2 Å². The van der Waals surface area contributed by atoms with Crippen LogP contribution in [-0.2, 0) is 16.1 Å². The summed E-state index contributed by atoms with van der Waals surface area (Å²) in [6.07, 6.45) is 0.465. The van der Waals surface area contributed by atoms with E-state index in [9.17, 15) is 26.7 Å². The van der Waals surface area contributed by atoms with Crippen LogP contribution >= 0.6 is 0 Å². The molecule has 0 radical (unpaired) electrons. The highest BCUT2D eigenvalue weighted by molar-refractivity contribution is 6.03. The lowest BCUT2D eigenvalue weighted by molar-refractivity contribution is -0.192. The van der Waals surface area contributed by atoms with Crippen molar-refractivity contribution in [3.05, 3.63) is 30.1 Å². The first-order chi connectivity index (χ1) is 15.5. The maximum atomic E-state index is 12.8. The van der Waals surface area contributed by atoms with Gasteiger partial charge >= 0.3 is 18.1 Å². The van der Waals surface area contributed by atoms with Crippen LogP contribution in [0.2, 0.25) is 0 Å². The van der Waals surface area contributed by atoms with Crippen LogP contribution in [-0.4, -0.2) is 69.3 Å². The number of carbonyl (C=O) groups excluding carboxylic acids is 1. The van der Waals surface area contributed by atoms with Crippen molar-refractivity contribution in [1.82, 2.24) is 14.5 Å². The van der Waals surface area contributed by atoms with Gasteiger partial charge in [0.1, 0.15) is 11.8 Å². The van der Waals surface area contributed by atoms with Gasteiger partial charge in [-0.15, -0.1) is 0 Å². The van der Waals surface area contributed by atoms with E-state index in [4.69, 9.17) is 14.6 Å². The molecule has 33 heavy (non-hydrogen) atoms. The normalized spacial score (nSPS) is 23.2. The molecule has 0 aliphatic carbocycles. The first-order valence-corrected chi connectivity index (χ1v) is 10.4. The number of pyridine rings is 1. The predicted octanol–water partition coefficient (Wildman–Crippen LogP) is 4.11. The molecule has 182 valence electrons. The van der Waals surface area contributed by atoms with Gasteiger partial charge in [0.15, 0.2) is 0 Å². The molecule has 0 aromatic carbocycles. The van der Waals surface area contributed by atoms with Crippen LogP contribution in [0.25, 0.3) is 11.0 Å². The molecule has 3 atom stereocenters. The monoisotopic (exact) mass is 477 g/mol. The summed E-state index contributed by atoms with van der Waals surface area (Å²) in [5, 5.41) is 7.69. The van der Waals surface area contributed by atoms with E-state index in [2.05, 4.69) is 16.9 Å². The quantitative estimate of drug-likeness (QED) is 0.527. The number of aromatic nitrogens is 2. The highest BCUT2D eigenvalue weighted by atomic mass is 19.4. The predicted molar refractivity (Wildman–Crippen MR) is 107 cm³/mol. The van der Waals surface area contributed by atoms with Crippen molar-refractivity contribution in [3.63, 3.8) is 0 Å². The third-order valence-electron chi connectivity index (χ3n) is 6.00. The Bertz CT molecular complexity index is 980. The molecule has 1 N–H and O–H groups in total. The minimum absolute atomic E-state index is 0.112. The number of nitrogens with zero attached hydrogens (tertiary/aromatic N) is 3. The van der Waals surface area contributed by atoms with E-state index in [0.29, 0.717) is 28.7 Å². The molecule has 2 aromatic heterocycles. The van der Waals surface area contributed by atoms with E-state index < -0.39 is 31.1 Å². The summed E-state index contributed by atoms with van der Waals surface area (Å²) in [4.78, 5) is 28.2. The number of rotatable bonds is 4. The van der Waals surface area contributed by atoms with Gasteiger partial charge in [0, 0.05) is 42.7 Å². The lowest BCUT2D eigenvalue weighted by atomic mass is 9.83. The van der Waals surface area contributed by atoms with Gasteiger partial charge in [-0.3, -0.25) is 0 Å². The molecule has 0 saturated carbocycles. The van der Waals surface area contributed by atoms with Crippen molar-refractivity contribution in [2.24, 2.45) is 0 Å². The fourth-order valence-corrected chi connectivity index (χ4v) is 4.45. The number of carboxylic acids is 1. The molecule has 2 saturated heterocycles. The second-order valence-corrected chi connectivity index (χ2v) is 8.17. The molecule has 4 heterocycles. The summed E-state index contributed by atoms with van der Waals surface area (Å²) in [5.41, 5.74) is 0.706. The molecule has 2 bridgehead atoms. The van der Waals surface area contributed by atoms with Crippen molar-refractivity contribution in [3.8, 4) is 0 Å². The van der Waals surface area contributed by atoms with E-state index in [1.807, 2.05) is 0 Å². The largest absolute Gasteiger partial charge is 0.490 e. The summed E-state index contributed by atoms with van der Waals surface area (Å²) >= 11 is 0. The van der Waals surface area contributed by atoms with E-state index in [1.54, 1.807) is 12.1 Å². The maximum absolute atomic E-state index is 12.8. The second-order valence-electron chi connectivity index (χ2n) is 8.17. The van der Waals surface area contributed by atoms with Crippen molar-refractivity contribution >= 4 is 23.0 Å². The Hall–Kier alpha value is -2.76. The Morgan fingerprint density at radius 2 is 1.85 bits per heavy atom. The maximum Gasteiger partial charge on any atom is 0.490 e. The first kappa shape index (κ1) is 24.9. The Morgan fingerprint density at radius 1 is 1.24 bits per heavy atom. The molecule has 0 spiro atoms. The summed E-state index contributed by atoms with van der Waals surface area (Å²) in [6.45, 7) is -0.487. The smallest absolute Gasteiger partial charge is 0.475 e. The molecule has 4 rings (SSSR count). The average Bonchev–Trinajstić information content (AvgIpc) is 3.07. The van der Waals surface area contributed by atoms with Crippen LogP contribution < -0.4 is 0 Å². The zero-order chi connectivity index (χ0) is 24.3. The standard InChI is InChI=1S/C19H23F2N3O2.C2HF3O2/c1-23-12-4-2-5-13(23)9-14(8-12)26-19(25)16-10-24(11-17(20)21)18-15(16)6-3-7-22-18;3-2(4,5)1(6)7/h3,6-7,10,12-14,17H,2,4-5,8-9,11H2,1H3;(H,6,7)/t12-,13+,14?;. The van der Waals surface area contributed by atoms with Crippen molar-refractivity contribution in [2.75, 3.05) is 7.05 Å². The van der Waals surface area contributed by atoms with Crippen LogP contribution in [0.5, 0.6) is 0 Å². The number of hydrogen-bond acceptors (Lipinski definition) is 5. The minimum Gasteiger partial charge on any atom is -0.475 e. The summed E-state index contributed by atoms with van der Waals surface area (Å²) in [5.74, 6) is -3.20. The Kier molecular flexibility index (Phi) is 7.55. The van der Waals surface area contributed by atoms with Gasteiger partial charge in [-0.05, 0) is 32.0 Å². The molecule has 2 aromatic rings. The van der Waals surface area contributed by atoms with Crippen LogP contribution in [0, 0.1) is 0 Å². The lowest BCUT2D eigenvalue weighted by Crippen LogP contribution is -2.52. The van der Waals surface area contributed by atoms with Crippen LogP contribution in [0.15, 0.2) is 24.5 Å². The van der Waals surface area contributed by atoms with Gasteiger partial charge in [-0.25, -0.2) is 23.4 Å². The Labute approximate surface area is 186 Å². The van der Waals surface area contributed by atoms with Gasteiger partial charge < -0.3 is 19.3 Å². The van der Waals surface area contributed by atoms with E-state index in [-0.39, 0.29) is 6.10 Å². The summed E-state index contributed by atoms with van der Waals surface area (Å²) in [6, 6.07) is 4.35. The summed E-state index contributed by atoms with van der Waals surface area (Å²) < 4.78 is 64.5. The van der Waals surface area contributed by atoms with Crippen molar-refractivity contribution in [2.45, 2.75) is 69.4 Å². The summed E-state index contributed by atoms with van der Waals surface area (Å²) in [7, 11) is 2.15. The molecule has 7 nitrogen and oxygen atoms in total. The highest BCUT2D eigenvalue weighted by Crippen LogP contribution is 2.34. The van der Waals surface area contributed by atoms with E-state index in [0.717, 1.165) is 25.7 Å². The number of aliphatic carboxylic acids is 1. The number of carboxylic acid groups (broad SMARTS) is 1. The van der Waals surface area contributed by atoms with Crippen LogP contribution in [0.3, 0.4) is 0 Å². The number of halogens is 5.